The highest BCUT2D eigenvalue weighted by atomic mass is 16.5. The van der Waals surface area contributed by atoms with Crippen molar-refractivity contribution >= 4 is 12.2 Å². The van der Waals surface area contributed by atoms with E-state index in [1.807, 2.05) is 0 Å². The van der Waals surface area contributed by atoms with Crippen LogP contribution in [0.15, 0.2) is 12.7 Å². The largest absolute Gasteiger partial charge is 0.459 e. The number of hydrogen-bond acceptors (Lipinski definition) is 3. The summed E-state index contributed by atoms with van der Waals surface area (Å²) in [5.74, 6) is 1.90. The highest BCUT2D eigenvalue weighted by Crippen LogP contribution is 2.40. The lowest BCUT2D eigenvalue weighted by Gasteiger charge is -2.36. The molecule has 0 atom stereocenters. The van der Waals surface area contributed by atoms with Crippen LogP contribution in [0.2, 0.25) is 0 Å². The number of rotatable bonds is 4. The molecule has 2 rings (SSSR count). The molecule has 2 fully saturated rings. The van der Waals surface area contributed by atoms with Crippen LogP contribution in [-0.2, 0) is 9.53 Å². The van der Waals surface area contributed by atoms with Gasteiger partial charge in [0, 0.05) is 6.08 Å². The zero-order chi connectivity index (χ0) is 13.7. The van der Waals surface area contributed by atoms with Gasteiger partial charge in [-0.3, -0.25) is 0 Å². The molecule has 2 aliphatic carbocycles. The third-order valence-electron chi connectivity index (χ3n) is 4.89. The Kier molecular flexibility index (Phi) is 5.17. The average Bonchev–Trinajstić information content (AvgIpc) is 2.48. The first-order valence-corrected chi connectivity index (χ1v) is 7.56. The lowest BCUT2D eigenvalue weighted by atomic mass is 9.71. The van der Waals surface area contributed by atoms with Gasteiger partial charge in [0.15, 0.2) is 0 Å². The average molecular weight is 263 g/mol. The normalized spacial score (nSPS) is 35.4. The quantitative estimate of drug-likeness (QED) is 0.477. The van der Waals surface area contributed by atoms with Crippen LogP contribution < -0.4 is 0 Å². The van der Waals surface area contributed by atoms with E-state index in [1.54, 1.807) is 6.21 Å². The van der Waals surface area contributed by atoms with Gasteiger partial charge in [-0.1, -0.05) is 6.58 Å². The van der Waals surface area contributed by atoms with Gasteiger partial charge in [-0.2, -0.15) is 0 Å². The second-order valence-electron chi connectivity index (χ2n) is 6.02. The molecule has 0 aromatic heterocycles. The SMILES string of the molecule is C=CC(=O)OC1CCC(C2CCC(C=N)CC2)CC1. The van der Waals surface area contributed by atoms with Crippen LogP contribution in [-0.4, -0.2) is 18.3 Å². The van der Waals surface area contributed by atoms with Crippen molar-refractivity contribution in [2.45, 2.75) is 57.5 Å². The van der Waals surface area contributed by atoms with Crippen LogP contribution in [0, 0.1) is 23.2 Å². The van der Waals surface area contributed by atoms with Crippen LogP contribution >= 0.6 is 0 Å². The third-order valence-corrected chi connectivity index (χ3v) is 4.89. The molecule has 0 bridgehead atoms. The van der Waals surface area contributed by atoms with Crippen LogP contribution in [0.1, 0.15) is 51.4 Å². The summed E-state index contributed by atoms with van der Waals surface area (Å²) in [6.45, 7) is 3.44. The van der Waals surface area contributed by atoms with Gasteiger partial charge in [-0.05, 0) is 75.3 Å². The molecule has 106 valence electrons. The van der Waals surface area contributed by atoms with E-state index in [4.69, 9.17) is 10.1 Å². The summed E-state index contributed by atoms with van der Waals surface area (Å²) >= 11 is 0. The molecule has 0 unspecified atom stereocenters. The minimum absolute atomic E-state index is 0.111. The van der Waals surface area contributed by atoms with E-state index in [-0.39, 0.29) is 12.1 Å². The van der Waals surface area contributed by atoms with E-state index in [1.165, 1.54) is 44.6 Å². The Balaban J connectivity index is 1.73. The Bertz CT molecular complexity index is 324. The Morgan fingerprint density at radius 2 is 1.53 bits per heavy atom. The van der Waals surface area contributed by atoms with Crippen LogP contribution in [0.25, 0.3) is 0 Å². The van der Waals surface area contributed by atoms with Crippen molar-refractivity contribution < 1.29 is 9.53 Å². The molecule has 1 N–H and O–H groups in total. The maximum atomic E-state index is 11.2. The van der Waals surface area contributed by atoms with Crippen molar-refractivity contribution in [3.8, 4) is 0 Å². The summed E-state index contributed by atoms with van der Waals surface area (Å²) in [5, 5.41) is 7.34. The number of hydrogen-bond donors (Lipinski definition) is 1. The molecule has 0 spiro atoms. The lowest BCUT2D eigenvalue weighted by molar-refractivity contribution is -0.145. The van der Waals surface area contributed by atoms with Crippen molar-refractivity contribution in [3.05, 3.63) is 12.7 Å². The zero-order valence-electron chi connectivity index (χ0n) is 11.6. The fraction of sp³-hybridized carbons (Fsp3) is 0.750. The molecule has 0 saturated heterocycles. The van der Waals surface area contributed by atoms with E-state index in [9.17, 15) is 4.79 Å². The fourth-order valence-electron chi connectivity index (χ4n) is 3.67. The van der Waals surface area contributed by atoms with Gasteiger partial charge in [-0.25, -0.2) is 4.79 Å². The molecule has 19 heavy (non-hydrogen) atoms. The highest BCUT2D eigenvalue weighted by molar-refractivity contribution is 5.81. The maximum Gasteiger partial charge on any atom is 0.330 e. The first kappa shape index (κ1) is 14.3. The topological polar surface area (TPSA) is 50.2 Å². The van der Waals surface area contributed by atoms with Gasteiger partial charge in [-0.15, -0.1) is 0 Å². The molecular weight excluding hydrogens is 238 g/mol. The summed E-state index contributed by atoms with van der Waals surface area (Å²) in [6.07, 6.45) is 12.3. The van der Waals surface area contributed by atoms with Gasteiger partial charge >= 0.3 is 5.97 Å². The van der Waals surface area contributed by atoms with Crippen molar-refractivity contribution in [2.75, 3.05) is 0 Å². The van der Waals surface area contributed by atoms with Gasteiger partial charge in [0.2, 0.25) is 0 Å². The van der Waals surface area contributed by atoms with Crippen LogP contribution in [0.4, 0.5) is 0 Å². The lowest BCUT2D eigenvalue weighted by Crippen LogP contribution is -2.29. The fourth-order valence-corrected chi connectivity index (χ4v) is 3.67. The van der Waals surface area contributed by atoms with Crippen LogP contribution in [0.3, 0.4) is 0 Å². The molecule has 0 radical (unpaired) electrons. The number of carbonyl (C=O) groups is 1. The molecule has 0 aliphatic heterocycles. The highest BCUT2D eigenvalue weighted by Gasteiger charge is 2.31. The zero-order valence-corrected chi connectivity index (χ0v) is 11.6. The molecule has 0 aromatic carbocycles. The van der Waals surface area contributed by atoms with Crippen LogP contribution in [0.5, 0.6) is 0 Å². The minimum Gasteiger partial charge on any atom is -0.459 e. The smallest absolute Gasteiger partial charge is 0.330 e. The van der Waals surface area contributed by atoms with E-state index in [0.29, 0.717) is 5.92 Å². The summed E-state index contributed by atoms with van der Waals surface area (Å²) in [5.41, 5.74) is 0. The second-order valence-corrected chi connectivity index (χ2v) is 6.02. The monoisotopic (exact) mass is 263 g/mol. The Labute approximate surface area is 115 Å². The number of esters is 1. The molecule has 2 saturated carbocycles. The van der Waals surface area contributed by atoms with Crippen molar-refractivity contribution in [1.82, 2.24) is 0 Å². The predicted octanol–water partition coefficient (Wildman–Crippen LogP) is 3.73. The first-order valence-electron chi connectivity index (χ1n) is 7.56. The summed E-state index contributed by atoms with van der Waals surface area (Å²) in [6, 6.07) is 0. The number of nitrogens with one attached hydrogen (secondary N) is 1. The van der Waals surface area contributed by atoms with E-state index >= 15 is 0 Å². The van der Waals surface area contributed by atoms with Crippen molar-refractivity contribution in [1.29, 1.82) is 5.41 Å². The maximum absolute atomic E-state index is 11.2. The molecule has 3 nitrogen and oxygen atoms in total. The molecule has 0 heterocycles. The van der Waals surface area contributed by atoms with Gasteiger partial charge in [0.1, 0.15) is 6.10 Å². The molecular formula is C16H25NO2. The van der Waals surface area contributed by atoms with Gasteiger partial charge < -0.3 is 10.1 Å². The molecule has 0 amide bonds. The number of ether oxygens (including phenoxy) is 1. The number of carbonyl (C=O) groups excluding carboxylic acids is 1. The van der Waals surface area contributed by atoms with E-state index in [2.05, 4.69) is 6.58 Å². The standard InChI is InChI=1S/C16H25NO2/c1-2-16(18)19-15-9-7-14(8-10-15)13-5-3-12(11-17)4-6-13/h2,11-15,17H,1,3-10H2. The van der Waals surface area contributed by atoms with Crippen molar-refractivity contribution in [3.63, 3.8) is 0 Å². The third kappa shape index (κ3) is 3.92. The molecule has 3 heteroatoms. The predicted molar refractivity (Wildman–Crippen MR) is 76.3 cm³/mol. The summed E-state index contributed by atoms with van der Waals surface area (Å²) in [4.78, 5) is 11.2. The molecule has 0 aromatic rings. The van der Waals surface area contributed by atoms with Gasteiger partial charge in [0.25, 0.3) is 0 Å². The second kappa shape index (κ2) is 6.88. The molecule has 2 aliphatic rings. The van der Waals surface area contributed by atoms with E-state index in [0.717, 1.165) is 24.7 Å². The Hall–Kier alpha value is -1.12. The first-order chi connectivity index (χ1) is 9.22. The summed E-state index contributed by atoms with van der Waals surface area (Å²) in [7, 11) is 0. The minimum atomic E-state index is -0.282. The van der Waals surface area contributed by atoms with E-state index < -0.39 is 0 Å². The summed E-state index contributed by atoms with van der Waals surface area (Å²) < 4.78 is 5.32. The van der Waals surface area contributed by atoms with Gasteiger partial charge in [0.05, 0.1) is 0 Å². The van der Waals surface area contributed by atoms with Crippen molar-refractivity contribution in [2.24, 2.45) is 17.8 Å². The Morgan fingerprint density at radius 3 is 2.00 bits per heavy atom. The Morgan fingerprint density at radius 1 is 1.00 bits per heavy atom.